The monoisotopic (exact) mass is 235 g/mol. The van der Waals surface area contributed by atoms with Crippen molar-refractivity contribution in [1.82, 2.24) is 5.32 Å². The zero-order valence-corrected chi connectivity index (χ0v) is 10.2. The van der Waals surface area contributed by atoms with Crippen molar-refractivity contribution in [2.75, 3.05) is 14.2 Å². The smallest absolute Gasteiger partial charge is 0.251 e. The van der Waals surface area contributed by atoms with E-state index in [4.69, 9.17) is 9.47 Å². The Morgan fingerprint density at radius 1 is 1.41 bits per heavy atom. The third-order valence-electron chi connectivity index (χ3n) is 2.75. The molecular formula is C13H17NO3. The number of benzene rings is 1. The fourth-order valence-electron chi connectivity index (χ4n) is 1.68. The molecule has 17 heavy (non-hydrogen) atoms. The minimum absolute atomic E-state index is 0.0208. The van der Waals surface area contributed by atoms with E-state index in [1.54, 1.807) is 26.4 Å². The van der Waals surface area contributed by atoms with Gasteiger partial charge >= 0.3 is 0 Å². The van der Waals surface area contributed by atoms with E-state index in [-0.39, 0.29) is 5.91 Å². The van der Waals surface area contributed by atoms with E-state index < -0.39 is 0 Å². The van der Waals surface area contributed by atoms with E-state index in [0.29, 0.717) is 18.2 Å². The van der Waals surface area contributed by atoms with Crippen molar-refractivity contribution in [3.05, 3.63) is 29.3 Å². The number of hydrogen-bond donors (Lipinski definition) is 1. The summed E-state index contributed by atoms with van der Waals surface area (Å²) in [5.74, 6) is 0.724. The Balaban J connectivity index is 2.16. The molecule has 0 heterocycles. The molecule has 1 N–H and O–H groups in total. The number of hydrogen-bond acceptors (Lipinski definition) is 3. The summed E-state index contributed by atoms with van der Waals surface area (Å²) in [7, 11) is 3.23. The number of carbonyl (C=O) groups is 1. The molecule has 0 aliphatic heterocycles. The van der Waals surface area contributed by atoms with Crippen LogP contribution in [0.15, 0.2) is 18.2 Å². The summed E-state index contributed by atoms with van der Waals surface area (Å²) in [5, 5.41) is 2.96. The number of methoxy groups -OCH3 is 2. The Kier molecular flexibility index (Phi) is 3.64. The molecule has 1 aliphatic carbocycles. The highest BCUT2D eigenvalue weighted by molar-refractivity contribution is 5.95. The second-order valence-corrected chi connectivity index (χ2v) is 4.21. The molecule has 0 aromatic heterocycles. The molecule has 2 rings (SSSR count). The Morgan fingerprint density at radius 2 is 2.18 bits per heavy atom. The van der Waals surface area contributed by atoms with Crippen LogP contribution >= 0.6 is 0 Å². The minimum atomic E-state index is -0.0208. The number of rotatable bonds is 5. The van der Waals surface area contributed by atoms with Crippen LogP contribution in [0, 0.1) is 0 Å². The summed E-state index contributed by atoms with van der Waals surface area (Å²) < 4.78 is 10.3. The lowest BCUT2D eigenvalue weighted by Crippen LogP contribution is -2.25. The van der Waals surface area contributed by atoms with Gasteiger partial charge in [-0.2, -0.15) is 0 Å². The summed E-state index contributed by atoms with van der Waals surface area (Å²) >= 11 is 0. The molecule has 1 aromatic rings. The highest BCUT2D eigenvalue weighted by Crippen LogP contribution is 2.22. The Hall–Kier alpha value is -1.55. The third kappa shape index (κ3) is 2.97. The van der Waals surface area contributed by atoms with Gasteiger partial charge in [0.1, 0.15) is 5.75 Å². The largest absolute Gasteiger partial charge is 0.496 e. The molecule has 0 unspecified atom stereocenters. The standard InChI is InChI=1S/C13H17NO3/c1-16-8-10-7-9(3-6-12(10)17-2)13(15)14-11-4-5-11/h3,6-7,11H,4-5,8H2,1-2H3,(H,14,15). The number of carbonyl (C=O) groups excluding carboxylic acids is 1. The van der Waals surface area contributed by atoms with E-state index in [9.17, 15) is 4.79 Å². The molecule has 4 heteroatoms. The van der Waals surface area contributed by atoms with Gasteiger partial charge in [-0.3, -0.25) is 4.79 Å². The van der Waals surface area contributed by atoms with Crippen LogP contribution in [0.5, 0.6) is 5.75 Å². The van der Waals surface area contributed by atoms with Crippen molar-refractivity contribution >= 4 is 5.91 Å². The van der Waals surface area contributed by atoms with Crippen LogP contribution in [0.2, 0.25) is 0 Å². The Morgan fingerprint density at radius 3 is 2.76 bits per heavy atom. The summed E-state index contributed by atoms with van der Waals surface area (Å²) in [6.07, 6.45) is 2.18. The molecule has 0 spiro atoms. The highest BCUT2D eigenvalue weighted by atomic mass is 16.5. The van der Waals surface area contributed by atoms with Gasteiger partial charge in [-0.05, 0) is 31.0 Å². The first-order chi connectivity index (χ1) is 8.24. The normalized spacial score (nSPS) is 14.5. The third-order valence-corrected chi connectivity index (χ3v) is 2.75. The van der Waals surface area contributed by atoms with E-state index in [0.717, 1.165) is 24.2 Å². The minimum Gasteiger partial charge on any atom is -0.496 e. The molecular weight excluding hydrogens is 218 g/mol. The lowest BCUT2D eigenvalue weighted by molar-refractivity contribution is 0.0950. The van der Waals surface area contributed by atoms with Gasteiger partial charge in [0.05, 0.1) is 13.7 Å². The van der Waals surface area contributed by atoms with E-state index in [1.807, 2.05) is 6.07 Å². The maximum absolute atomic E-state index is 11.9. The number of ether oxygens (including phenoxy) is 2. The topological polar surface area (TPSA) is 47.6 Å². The lowest BCUT2D eigenvalue weighted by atomic mass is 10.1. The van der Waals surface area contributed by atoms with E-state index in [1.165, 1.54) is 0 Å². The van der Waals surface area contributed by atoms with Crippen LogP contribution in [0.25, 0.3) is 0 Å². The van der Waals surface area contributed by atoms with Crippen LogP contribution in [-0.2, 0) is 11.3 Å². The van der Waals surface area contributed by atoms with Gasteiger partial charge in [-0.15, -0.1) is 0 Å². The first-order valence-electron chi connectivity index (χ1n) is 5.71. The molecule has 0 atom stereocenters. The van der Waals surface area contributed by atoms with Crippen molar-refractivity contribution in [3.63, 3.8) is 0 Å². The van der Waals surface area contributed by atoms with Crippen LogP contribution in [-0.4, -0.2) is 26.2 Å². The molecule has 0 saturated heterocycles. The Bertz CT molecular complexity index is 413. The zero-order valence-electron chi connectivity index (χ0n) is 10.2. The first-order valence-corrected chi connectivity index (χ1v) is 5.71. The molecule has 4 nitrogen and oxygen atoms in total. The SMILES string of the molecule is COCc1cc(C(=O)NC2CC2)ccc1OC. The quantitative estimate of drug-likeness (QED) is 0.845. The predicted octanol–water partition coefficient (Wildman–Crippen LogP) is 1.73. The fraction of sp³-hybridized carbons (Fsp3) is 0.462. The van der Waals surface area contributed by atoms with Crippen LogP contribution < -0.4 is 10.1 Å². The van der Waals surface area contributed by atoms with Crippen LogP contribution in [0.4, 0.5) is 0 Å². The maximum atomic E-state index is 11.9. The van der Waals surface area contributed by atoms with Crippen molar-refractivity contribution in [3.8, 4) is 5.75 Å². The second-order valence-electron chi connectivity index (χ2n) is 4.21. The van der Waals surface area contributed by atoms with Gasteiger partial charge in [-0.25, -0.2) is 0 Å². The first kappa shape index (κ1) is 11.9. The molecule has 1 aliphatic rings. The van der Waals surface area contributed by atoms with Crippen molar-refractivity contribution in [1.29, 1.82) is 0 Å². The predicted molar refractivity (Wildman–Crippen MR) is 64.2 cm³/mol. The summed E-state index contributed by atoms with van der Waals surface area (Å²) in [5.41, 5.74) is 1.54. The van der Waals surface area contributed by atoms with Gasteiger partial charge in [-0.1, -0.05) is 0 Å². The van der Waals surface area contributed by atoms with Crippen LogP contribution in [0.1, 0.15) is 28.8 Å². The number of amides is 1. The average molecular weight is 235 g/mol. The zero-order chi connectivity index (χ0) is 12.3. The van der Waals surface area contributed by atoms with Gasteiger partial charge in [0, 0.05) is 24.3 Å². The summed E-state index contributed by atoms with van der Waals surface area (Å²) in [6, 6.07) is 5.77. The van der Waals surface area contributed by atoms with Crippen LogP contribution in [0.3, 0.4) is 0 Å². The second kappa shape index (κ2) is 5.19. The number of nitrogens with one attached hydrogen (secondary N) is 1. The van der Waals surface area contributed by atoms with E-state index in [2.05, 4.69) is 5.32 Å². The van der Waals surface area contributed by atoms with Gasteiger partial charge in [0.25, 0.3) is 5.91 Å². The lowest BCUT2D eigenvalue weighted by Gasteiger charge is -2.10. The van der Waals surface area contributed by atoms with Crippen molar-refractivity contribution in [2.45, 2.75) is 25.5 Å². The maximum Gasteiger partial charge on any atom is 0.251 e. The summed E-state index contributed by atoms with van der Waals surface area (Å²) in [6.45, 7) is 0.438. The molecule has 0 radical (unpaired) electrons. The molecule has 1 aromatic carbocycles. The molecule has 0 bridgehead atoms. The average Bonchev–Trinajstić information content (AvgIpc) is 3.13. The Labute approximate surface area is 101 Å². The van der Waals surface area contributed by atoms with Gasteiger partial charge in [0.2, 0.25) is 0 Å². The van der Waals surface area contributed by atoms with Crippen molar-refractivity contribution < 1.29 is 14.3 Å². The van der Waals surface area contributed by atoms with Crippen molar-refractivity contribution in [2.24, 2.45) is 0 Å². The molecule has 1 saturated carbocycles. The molecule has 92 valence electrons. The van der Waals surface area contributed by atoms with Gasteiger partial charge in [0.15, 0.2) is 0 Å². The summed E-state index contributed by atoms with van der Waals surface area (Å²) in [4.78, 5) is 11.9. The molecule has 1 amide bonds. The highest BCUT2D eigenvalue weighted by Gasteiger charge is 2.24. The molecule has 1 fully saturated rings. The van der Waals surface area contributed by atoms with Gasteiger partial charge < -0.3 is 14.8 Å². The fourth-order valence-corrected chi connectivity index (χ4v) is 1.68. The van der Waals surface area contributed by atoms with E-state index >= 15 is 0 Å².